The molecule has 76 heavy (non-hydrogen) atoms. The molecule has 0 radical (unpaired) electrons. The van der Waals surface area contributed by atoms with E-state index in [9.17, 15) is 35.1 Å². The van der Waals surface area contributed by atoms with Crippen LogP contribution in [0.5, 0.6) is 0 Å². The Morgan fingerprint density at radius 3 is 1.22 bits per heavy atom. The highest BCUT2D eigenvalue weighted by molar-refractivity contribution is 5.76. The first kappa shape index (κ1) is 72.4. The van der Waals surface area contributed by atoms with Crippen LogP contribution >= 0.6 is 0 Å². The van der Waals surface area contributed by atoms with Crippen LogP contribution < -0.4 is 5.32 Å². The van der Waals surface area contributed by atoms with Gasteiger partial charge in [0.05, 0.1) is 32.0 Å². The number of carbonyl (C=O) groups excluding carboxylic acids is 2. The van der Waals surface area contributed by atoms with Crippen molar-refractivity contribution in [2.24, 2.45) is 0 Å². The van der Waals surface area contributed by atoms with E-state index in [1.165, 1.54) is 244 Å². The van der Waals surface area contributed by atoms with Crippen LogP contribution in [0.25, 0.3) is 0 Å². The number of nitrogens with one attached hydrogen (secondary N) is 1. The number of hydrogen-bond donors (Lipinski definition) is 6. The van der Waals surface area contributed by atoms with Crippen LogP contribution in [0.4, 0.5) is 0 Å². The zero-order chi connectivity index (χ0) is 55.2. The van der Waals surface area contributed by atoms with E-state index in [4.69, 9.17) is 14.2 Å². The second kappa shape index (κ2) is 55.3. The van der Waals surface area contributed by atoms with E-state index in [1.807, 2.05) is 6.08 Å². The molecule has 1 aliphatic heterocycles. The summed E-state index contributed by atoms with van der Waals surface area (Å²) in [6, 6.07) is -0.807. The second-order valence-corrected chi connectivity index (χ2v) is 23.2. The Hall–Kier alpha value is -1.60. The lowest BCUT2D eigenvalue weighted by Gasteiger charge is -2.40. The highest BCUT2D eigenvalue weighted by atomic mass is 16.7. The van der Waals surface area contributed by atoms with E-state index >= 15 is 0 Å². The molecule has 1 saturated heterocycles. The third-order valence-corrected chi connectivity index (χ3v) is 15.9. The van der Waals surface area contributed by atoms with Crippen molar-refractivity contribution in [2.45, 2.75) is 371 Å². The number of carbonyl (C=O) groups is 2. The number of rotatable bonds is 58. The van der Waals surface area contributed by atoms with Crippen molar-refractivity contribution in [3.8, 4) is 0 Å². The Morgan fingerprint density at radius 2 is 0.829 bits per heavy atom. The van der Waals surface area contributed by atoms with E-state index in [-0.39, 0.29) is 18.5 Å². The number of esters is 1. The third-order valence-electron chi connectivity index (χ3n) is 15.9. The maximum Gasteiger partial charge on any atom is 0.305 e. The standard InChI is InChI=1S/C65H125NO10/c1-3-5-7-9-11-13-15-32-35-39-43-47-51-58(68)57(56-75-65-64(73)63(72)62(71)59(55-67)76-65)66-60(69)52-48-44-40-36-33-29-27-25-23-21-19-17-16-18-20-22-24-26-28-30-34-38-42-46-50-54-74-61(70)53-49-45-41-37-31-14-12-10-8-6-4-2/h47,51,57-59,62-65,67-68,71-73H,3-46,48-50,52-56H2,1-2H3,(H,66,69)/b51-47+. The molecular formula is C65H125NO10. The summed E-state index contributed by atoms with van der Waals surface area (Å²) in [6.07, 6.45) is 56.1. The number of ether oxygens (including phenoxy) is 3. The smallest absolute Gasteiger partial charge is 0.305 e. The number of amides is 1. The summed E-state index contributed by atoms with van der Waals surface area (Å²) in [4.78, 5) is 25.1. The average molecular weight is 1080 g/mol. The molecule has 0 aromatic carbocycles. The van der Waals surface area contributed by atoms with Crippen LogP contribution in [0.15, 0.2) is 12.2 Å². The summed E-state index contributed by atoms with van der Waals surface area (Å²) in [5, 5.41) is 54.4. The molecule has 1 heterocycles. The van der Waals surface area contributed by atoms with Crippen molar-refractivity contribution < 1.29 is 49.3 Å². The second-order valence-electron chi connectivity index (χ2n) is 23.2. The van der Waals surface area contributed by atoms with Gasteiger partial charge in [-0.25, -0.2) is 0 Å². The molecule has 1 amide bonds. The van der Waals surface area contributed by atoms with E-state index in [0.29, 0.717) is 19.4 Å². The van der Waals surface area contributed by atoms with Gasteiger partial charge >= 0.3 is 5.97 Å². The monoisotopic (exact) mass is 1080 g/mol. The minimum atomic E-state index is -1.57. The molecule has 1 rings (SSSR count). The molecule has 7 atom stereocenters. The highest BCUT2D eigenvalue weighted by Crippen LogP contribution is 2.23. The average Bonchev–Trinajstić information content (AvgIpc) is 3.42. The van der Waals surface area contributed by atoms with Crippen molar-refractivity contribution >= 4 is 11.9 Å². The predicted octanol–water partition coefficient (Wildman–Crippen LogP) is 15.9. The Bertz CT molecular complexity index is 1270. The van der Waals surface area contributed by atoms with Crippen molar-refractivity contribution in [3.63, 3.8) is 0 Å². The van der Waals surface area contributed by atoms with E-state index < -0.39 is 49.5 Å². The molecule has 11 heteroatoms. The molecule has 0 aliphatic carbocycles. The van der Waals surface area contributed by atoms with Crippen LogP contribution in [0.1, 0.15) is 328 Å². The van der Waals surface area contributed by atoms with Crippen molar-refractivity contribution in [2.75, 3.05) is 19.8 Å². The molecule has 6 N–H and O–H groups in total. The molecule has 1 aliphatic rings. The summed E-state index contributed by atoms with van der Waals surface area (Å²) >= 11 is 0. The third kappa shape index (κ3) is 44.2. The topological polar surface area (TPSA) is 175 Å². The van der Waals surface area contributed by atoms with Crippen molar-refractivity contribution in [1.82, 2.24) is 5.32 Å². The van der Waals surface area contributed by atoms with Gasteiger partial charge in [0.2, 0.25) is 5.91 Å². The van der Waals surface area contributed by atoms with Gasteiger partial charge < -0.3 is 45.1 Å². The lowest BCUT2D eigenvalue weighted by Crippen LogP contribution is -2.60. The summed E-state index contributed by atoms with van der Waals surface area (Å²) in [5.41, 5.74) is 0. The molecular weight excluding hydrogens is 955 g/mol. The minimum Gasteiger partial charge on any atom is -0.466 e. The quantitative estimate of drug-likeness (QED) is 0.0195. The Kier molecular flexibility index (Phi) is 52.7. The molecule has 0 bridgehead atoms. The molecule has 1 fully saturated rings. The predicted molar refractivity (Wildman–Crippen MR) is 315 cm³/mol. The maximum absolute atomic E-state index is 13.0. The number of unbranched alkanes of at least 4 members (excludes halogenated alkanes) is 44. The van der Waals surface area contributed by atoms with E-state index in [0.717, 1.165) is 57.8 Å². The normalized spacial score (nSPS) is 18.6. The highest BCUT2D eigenvalue weighted by Gasteiger charge is 2.44. The zero-order valence-electron chi connectivity index (χ0n) is 49.7. The van der Waals surface area contributed by atoms with Crippen molar-refractivity contribution in [3.05, 3.63) is 12.2 Å². The van der Waals surface area contributed by atoms with Gasteiger partial charge in [0.1, 0.15) is 24.4 Å². The Labute approximate surface area is 468 Å². The number of aliphatic hydroxyl groups is 5. The van der Waals surface area contributed by atoms with Gasteiger partial charge in [-0.2, -0.15) is 0 Å². The van der Waals surface area contributed by atoms with Crippen LogP contribution in [-0.4, -0.2) is 100 Å². The summed E-state index contributed by atoms with van der Waals surface area (Å²) in [5.74, 6) is -0.172. The molecule has 0 aromatic heterocycles. The van der Waals surface area contributed by atoms with E-state index in [2.05, 4.69) is 19.2 Å². The lowest BCUT2D eigenvalue weighted by atomic mass is 9.99. The fourth-order valence-electron chi connectivity index (χ4n) is 10.7. The van der Waals surface area contributed by atoms with Crippen LogP contribution in [-0.2, 0) is 23.8 Å². The largest absolute Gasteiger partial charge is 0.466 e. The first-order chi connectivity index (χ1) is 37.2. The lowest BCUT2D eigenvalue weighted by molar-refractivity contribution is -0.302. The van der Waals surface area contributed by atoms with Crippen molar-refractivity contribution in [1.29, 1.82) is 0 Å². The molecule has 0 spiro atoms. The van der Waals surface area contributed by atoms with Gasteiger partial charge in [-0.3, -0.25) is 9.59 Å². The van der Waals surface area contributed by atoms with Gasteiger partial charge in [-0.1, -0.05) is 296 Å². The Morgan fingerprint density at radius 1 is 0.474 bits per heavy atom. The molecule has 11 nitrogen and oxygen atoms in total. The van der Waals surface area contributed by atoms with Gasteiger partial charge in [0, 0.05) is 12.8 Å². The first-order valence-corrected chi connectivity index (χ1v) is 33.0. The van der Waals surface area contributed by atoms with Gasteiger partial charge in [0.15, 0.2) is 6.29 Å². The van der Waals surface area contributed by atoms with Gasteiger partial charge in [-0.05, 0) is 32.1 Å². The maximum atomic E-state index is 13.0. The van der Waals surface area contributed by atoms with Crippen LogP contribution in [0.2, 0.25) is 0 Å². The molecule has 0 saturated carbocycles. The first-order valence-electron chi connectivity index (χ1n) is 33.0. The SMILES string of the molecule is CCCCCCCCCCCC/C=C/C(O)C(COC1OC(CO)C(O)C(O)C1O)NC(=O)CCCCCCCCCCCCCCCCCCCCCCCCCCCOC(=O)CCCCCCCCCCCCC. The van der Waals surface area contributed by atoms with E-state index in [1.54, 1.807) is 6.08 Å². The summed E-state index contributed by atoms with van der Waals surface area (Å²) in [7, 11) is 0. The van der Waals surface area contributed by atoms with Gasteiger partial charge in [-0.15, -0.1) is 0 Å². The molecule has 0 aromatic rings. The fourth-order valence-corrected chi connectivity index (χ4v) is 10.7. The summed E-state index contributed by atoms with van der Waals surface area (Å²) in [6.45, 7) is 4.37. The number of hydrogen-bond acceptors (Lipinski definition) is 10. The molecule has 7 unspecified atom stereocenters. The number of aliphatic hydroxyl groups excluding tert-OH is 5. The Balaban J connectivity index is 1.99. The fraction of sp³-hybridized carbons (Fsp3) is 0.938. The summed E-state index contributed by atoms with van der Waals surface area (Å²) < 4.78 is 16.7. The minimum absolute atomic E-state index is 0.00614. The molecule has 450 valence electrons. The van der Waals surface area contributed by atoms with Crippen LogP contribution in [0, 0.1) is 0 Å². The zero-order valence-corrected chi connectivity index (χ0v) is 49.7. The van der Waals surface area contributed by atoms with Crippen LogP contribution in [0.3, 0.4) is 0 Å². The van der Waals surface area contributed by atoms with Gasteiger partial charge in [0.25, 0.3) is 0 Å². The number of allylic oxidation sites excluding steroid dienone is 1.